The molecule has 0 fully saturated rings. The second-order valence-electron chi connectivity index (χ2n) is 7.52. The molecule has 11 heteroatoms. The lowest BCUT2D eigenvalue weighted by Crippen LogP contribution is -2.41. The topological polar surface area (TPSA) is 117 Å². The van der Waals surface area contributed by atoms with Gasteiger partial charge in [0.25, 0.3) is 0 Å². The fourth-order valence-corrected chi connectivity index (χ4v) is 5.37. The van der Waals surface area contributed by atoms with Crippen molar-refractivity contribution < 1.29 is 17.9 Å². The zero-order chi connectivity index (χ0) is 24.6. The summed E-state index contributed by atoms with van der Waals surface area (Å²) in [6, 6.07) is 13.9. The molecule has 3 rings (SSSR count). The number of carbonyl (C=O) groups is 1. The number of thioether (sulfide) groups is 1. The van der Waals surface area contributed by atoms with Gasteiger partial charge in [0, 0.05) is 18.8 Å². The smallest absolute Gasteiger partial charge is 0.243 e. The molecule has 0 saturated carbocycles. The number of hydrogen-bond acceptors (Lipinski definition) is 7. The third-order valence-electron chi connectivity index (χ3n) is 4.84. The number of benzene rings is 2. The molecule has 0 radical (unpaired) electrons. The number of nitrogens with zero attached hydrogens (tertiary/aromatic N) is 3. The highest BCUT2D eigenvalue weighted by molar-refractivity contribution is 7.99. The normalized spacial score (nSPS) is 11.5. The van der Waals surface area contributed by atoms with Crippen LogP contribution in [0.15, 0.2) is 58.6 Å². The Bertz CT molecular complexity index is 1200. The Balaban J connectivity index is 1.71. The van der Waals surface area contributed by atoms with Gasteiger partial charge in [0.05, 0.1) is 18.0 Å². The van der Waals surface area contributed by atoms with Gasteiger partial charge in [0.15, 0.2) is 0 Å². The Morgan fingerprint density at radius 3 is 2.59 bits per heavy atom. The maximum absolute atomic E-state index is 13.5. The van der Waals surface area contributed by atoms with Gasteiger partial charge in [-0.05, 0) is 50.1 Å². The Morgan fingerprint density at radius 2 is 1.94 bits per heavy atom. The Kier molecular flexibility index (Phi) is 9.08. The summed E-state index contributed by atoms with van der Waals surface area (Å²) in [5.41, 5.74) is 1.50. The molecule has 2 N–H and O–H groups in total. The molecule has 0 aliphatic heterocycles. The number of ether oxygens (including phenoxy) is 1. The van der Waals surface area contributed by atoms with Crippen LogP contribution in [0, 0.1) is 13.8 Å². The molecular weight excluding hydrogens is 474 g/mol. The van der Waals surface area contributed by atoms with E-state index < -0.39 is 10.0 Å². The zero-order valence-electron chi connectivity index (χ0n) is 19.4. The SMILES string of the molecule is CCOc1ccc(S(=O)(=O)N(CC(=O)NCCSc2n[nH]c(C)n2)Cc2ccccc2)cc1C. The van der Waals surface area contributed by atoms with Gasteiger partial charge >= 0.3 is 0 Å². The van der Waals surface area contributed by atoms with Crippen LogP contribution in [-0.2, 0) is 21.4 Å². The second-order valence-corrected chi connectivity index (χ2v) is 10.5. The number of aromatic amines is 1. The van der Waals surface area contributed by atoms with Crippen molar-refractivity contribution >= 4 is 27.7 Å². The van der Waals surface area contributed by atoms with Gasteiger partial charge in [-0.1, -0.05) is 42.1 Å². The first kappa shape index (κ1) is 25.7. The minimum atomic E-state index is -3.93. The van der Waals surface area contributed by atoms with E-state index in [1.165, 1.54) is 22.1 Å². The van der Waals surface area contributed by atoms with Gasteiger partial charge in [-0.3, -0.25) is 9.89 Å². The van der Waals surface area contributed by atoms with E-state index in [0.717, 1.165) is 11.4 Å². The molecule has 1 aromatic heterocycles. The monoisotopic (exact) mass is 503 g/mol. The highest BCUT2D eigenvalue weighted by atomic mass is 32.2. The Morgan fingerprint density at radius 1 is 1.18 bits per heavy atom. The number of sulfonamides is 1. The van der Waals surface area contributed by atoms with Crippen LogP contribution in [0.5, 0.6) is 5.75 Å². The van der Waals surface area contributed by atoms with E-state index in [-0.39, 0.29) is 23.9 Å². The fraction of sp³-hybridized carbons (Fsp3) is 0.348. The molecule has 0 spiro atoms. The van der Waals surface area contributed by atoms with E-state index in [0.29, 0.717) is 35.4 Å². The summed E-state index contributed by atoms with van der Waals surface area (Å²) in [4.78, 5) is 17.0. The molecule has 1 heterocycles. The lowest BCUT2D eigenvalue weighted by molar-refractivity contribution is -0.121. The van der Waals surface area contributed by atoms with Gasteiger partial charge in [-0.25, -0.2) is 13.4 Å². The molecule has 3 aromatic rings. The maximum atomic E-state index is 13.5. The summed E-state index contributed by atoms with van der Waals surface area (Å²) >= 11 is 1.40. The lowest BCUT2D eigenvalue weighted by atomic mass is 10.2. The predicted molar refractivity (Wildman–Crippen MR) is 131 cm³/mol. The molecule has 0 aliphatic rings. The van der Waals surface area contributed by atoms with E-state index in [1.807, 2.05) is 44.2 Å². The summed E-state index contributed by atoms with van der Waals surface area (Å²) in [5.74, 6) is 1.53. The summed E-state index contributed by atoms with van der Waals surface area (Å²) in [5, 5.41) is 10.2. The van der Waals surface area contributed by atoms with Crippen molar-refractivity contribution in [3.05, 3.63) is 65.5 Å². The van der Waals surface area contributed by atoms with Crippen molar-refractivity contribution in [1.29, 1.82) is 0 Å². The minimum absolute atomic E-state index is 0.0774. The van der Waals surface area contributed by atoms with E-state index in [4.69, 9.17) is 4.74 Å². The van der Waals surface area contributed by atoms with Crippen molar-refractivity contribution in [2.75, 3.05) is 25.4 Å². The molecule has 2 aromatic carbocycles. The Hall–Kier alpha value is -2.89. The number of H-pyrrole nitrogens is 1. The van der Waals surface area contributed by atoms with Crippen LogP contribution in [0.3, 0.4) is 0 Å². The fourth-order valence-electron chi connectivity index (χ4n) is 3.20. The highest BCUT2D eigenvalue weighted by Gasteiger charge is 2.27. The summed E-state index contributed by atoms with van der Waals surface area (Å²) in [7, 11) is -3.93. The van der Waals surface area contributed by atoms with Crippen LogP contribution in [0.4, 0.5) is 0 Å². The number of amides is 1. The van der Waals surface area contributed by atoms with Crippen molar-refractivity contribution in [3.8, 4) is 5.75 Å². The van der Waals surface area contributed by atoms with Crippen LogP contribution in [0.25, 0.3) is 0 Å². The first-order chi connectivity index (χ1) is 16.3. The first-order valence-corrected chi connectivity index (χ1v) is 13.3. The van der Waals surface area contributed by atoms with Crippen molar-refractivity contribution in [2.24, 2.45) is 0 Å². The lowest BCUT2D eigenvalue weighted by Gasteiger charge is -2.22. The van der Waals surface area contributed by atoms with Crippen molar-refractivity contribution in [3.63, 3.8) is 0 Å². The van der Waals surface area contributed by atoms with E-state index >= 15 is 0 Å². The average molecular weight is 504 g/mol. The van der Waals surface area contributed by atoms with Crippen LogP contribution in [0.1, 0.15) is 23.9 Å². The second kappa shape index (κ2) is 12.0. The Labute approximate surface area is 204 Å². The molecule has 1 amide bonds. The van der Waals surface area contributed by atoms with Crippen LogP contribution in [-0.4, -0.2) is 59.3 Å². The van der Waals surface area contributed by atoms with E-state index in [9.17, 15) is 13.2 Å². The maximum Gasteiger partial charge on any atom is 0.243 e. The number of hydrogen-bond donors (Lipinski definition) is 2. The summed E-state index contributed by atoms with van der Waals surface area (Å²) < 4.78 is 33.7. The first-order valence-electron chi connectivity index (χ1n) is 10.9. The van der Waals surface area contributed by atoms with Gasteiger partial charge in [0.2, 0.25) is 21.1 Å². The average Bonchev–Trinajstić information content (AvgIpc) is 3.23. The number of rotatable bonds is 12. The highest BCUT2D eigenvalue weighted by Crippen LogP contribution is 2.25. The third kappa shape index (κ3) is 7.05. The zero-order valence-corrected chi connectivity index (χ0v) is 21.1. The molecule has 34 heavy (non-hydrogen) atoms. The van der Waals surface area contributed by atoms with Gasteiger partial charge < -0.3 is 10.1 Å². The minimum Gasteiger partial charge on any atom is -0.494 e. The van der Waals surface area contributed by atoms with Gasteiger partial charge in [-0.2, -0.15) is 4.31 Å². The standard InChI is InChI=1S/C23H29N5O4S2/c1-4-32-21-11-10-20(14-17(21)2)34(30,31)28(15-19-8-6-5-7-9-19)16-22(29)24-12-13-33-23-25-18(3)26-27-23/h5-11,14H,4,12-13,15-16H2,1-3H3,(H,24,29)(H,25,26,27). The molecular formula is C23H29N5O4S2. The predicted octanol–water partition coefficient (Wildman–Crippen LogP) is 2.92. The molecule has 0 unspecified atom stereocenters. The van der Waals surface area contributed by atoms with Crippen LogP contribution in [0.2, 0.25) is 0 Å². The van der Waals surface area contributed by atoms with Crippen molar-refractivity contribution in [1.82, 2.24) is 24.8 Å². The number of aryl methyl sites for hydroxylation is 2. The molecule has 0 atom stereocenters. The van der Waals surface area contributed by atoms with Crippen molar-refractivity contribution in [2.45, 2.75) is 37.4 Å². The summed E-state index contributed by atoms with van der Waals surface area (Å²) in [6.07, 6.45) is 0. The molecule has 0 bridgehead atoms. The number of carbonyl (C=O) groups excluding carboxylic acids is 1. The number of nitrogens with one attached hydrogen (secondary N) is 2. The van der Waals surface area contributed by atoms with Gasteiger partial charge in [-0.15, -0.1) is 5.10 Å². The van der Waals surface area contributed by atoms with E-state index in [2.05, 4.69) is 20.5 Å². The summed E-state index contributed by atoms with van der Waals surface area (Å²) in [6.45, 7) is 6.11. The molecule has 182 valence electrons. The molecule has 9 nitrogen and oxygen atoms in total. The third-order valence-corrected chi connectivity index (χ3v) is 7.47. The molecule has 0 saturated heterocycles. The van der Waals surface area contributed by atoms with Crippen LogP contribution >= 0.6 is 11.8 Å². The quantitative estimate of drug-likeness (QED) is 0.288. The molecule has 0 aliphatic carbocycles. The van der Waals surface area contributed by atoms with Gasteiger partial charge in [0.1, 0.15) is 11.6 Å². The largest absolute Gasteiger partial charge is 0.494 e. The van der Waals surface area contributed by atoms with E-state index in [1.54, 1.807) is 19.1 Å². The van der Waals surface area contributed by atoms with Crippen LogP contribution < -0.4 is 10.1 Å². The number of aromatic nitrogens is 3.